The fraction of sp³-hybridized carbons (Fsp3) is 0.364. The maximum Gasteiger partial charge on any atom is 0.204 e. The summed E-state index contributed by atoms with van der Waals surface area (Å²) in [6.45, 7) is -1.46. The Morgan fingerprint density at radius 2 is 1.47 bits per heavy atom. The maximum absolute atomic E-state index is 12.9. The predicted molar refractivity (Wildman–Crippen MR) is 168 cm³/mol. The smallest absolute Gasteiger partial charge is 0.204 e. The van der Waals surface area contributed by atoms with E-state index in [9.17, 15) is 45.6 Å². The summed E-state index contributed by atoms with van der Waals surface area (Å²) >= 11 is 0. The predicted octanol–water partition coefficient (Wildman–Crippen LogP) is 0.900. The molecular formula is C33H36O16. The molecule has 1 fully saturated rings. The van der Waals surface area contributed by atoms with Gasteiger partial charge in [-0.15, -0.1) is 0 Å². The van der Waals surface area contributed by atoms with E-state index in [0.717, 1.165) is 12.1 Å². The van der Waals surface area contributed by atoms with Crippen LogP contribution in [0.1, 0.15) is 11.7 Å². The van der Waals surface area contributed by atoms with E-state index in [0.29, 0.717) is 0 Å². The van der Waals surface area contributed by atoms with Gasteiger partial charge in [0, 0.05) is 23.8 Å². The lowest BCUT2D eigenvalue weighted by Crippen LogP contribution is -2.59. The summed E-state index contributed by atoms with van der Waals surface area (Å²) in [5.41, 5.74) is -0.175. The molecular weight excluding hydrogens is 652 g/mol. The number of hydrogen-bond donors (Lipinski definition) is 8. The average molecular weight is 689 g/mol. The Morgan fingerprint density at radius 1 is 0.796 bits per heavy atom. The normalized spacial score (nSPS) is 22.0. The van der Waals surface area contributed by atoms with Gasteiger partial charge in [0.1, 0.15) is 58.7 Å². The van der Waals surface area contributed by atoms with Gasteiger partial charge in [0.25, 0.3) is 0 Å². The van der Waals surface area contributed by atoms with Crippen LogP contribution in [0.2, 0.25) is 0 Å². The van der Waals surface area contributed by atoms with Crippen LogP contribution in [0.25, 0.3) is 22.3 Å². The van der Waals surface area contributed by atoms with Crippen molar-refractivity contribution in [2.45, 2.75) is 42.9 Å². The largest absolute Gasteiger partial charge is 0.508 e. The Morgan fingerprint density at radius 3 is 2.08 bits per heavy atom. The molecule has 1 saturated heterocycles. The average Bonchev–Trinajstić information content (AvgIpc) is 3.09. The van der Waals surface area contributed by atoms with Crippen molar-refractivity contribution in [1.29, 1.82) is 0 Å². The van der Waals surface area contributed by atoms with Gasteiger partial charge in [0.2, 0.25) is 5.75 Å². The molecule has 0 bridgehead atoms. The van der Waals surface area contributed by atoms with Crippen LogP contribution >= 0.6 is 0 Å². The molecule has 0 aliphatic carbocycles. The topological polar surface area (TPSA) is 247 Å². The fourth-order valence-corrected chi connectivity index (χ4v) is 5.46. The lowest BCUT2D eigenvalue weighted by Gasteiger charge is -2.41. The lowest BCUT2D eigenvalue weighted by atomic mass is 9.98. The summed E-state index contributed by atoms with van der Waals surface area (Å²) in [6, 6.07) is 10.3. The summed E-state index contributed by atoms with van der Waals surface area (Å²) in [5.74, 6) is -0.960. The second-order valence-corrected chi connectivity index (χ2v) is 11.0. The molecule has 264 valence electrons. The molecule has 7 unspecified atom stereocenters. The fourth-order valence-electron chi connectivity index (χ4n) is 5.46. The molecule has 8 N–H and O–H groups in total. The third-order valence-electron chi connectivity index (χ3n) is 7.99. The van der Waals surface area contributed by atoms with Crippen LogP contribution in [0.3, 0.4) is 0 Å². The first-order valence-corrected chi connectivity index (χ1v) is 14.8. The summed E-state index contributed by atoms with van der Waals surface area (Å²) < 4.78 is 40.1. The number of rotatable bonds is 12. The zero-order chi connectivity index (χ0) is 35.6. The van der Waals surface area contributed by atoms with Crippen LogP contribution in [-0.4, -0.2) is 112 Å². The van der Waals surface area contributed by atoms with E-state index < -0.39 is 67.3 Å². The second-order valence-electron chi connectivity index (χ2n) is 11.0. The SMILES string of the molecule is COc1cc(C(OC2OC(CO)C(O)C(O)C2O)C(CO)Oc2c(OC)cc(-c3cc(=O)c4c(O)cc(O)cc4o3)cc2OC)ccc1O. The molecule has 0 spiro atoms. The first-order valence-electron chi connectivity index (χ1n) is 14.8. The molecule has 4 aromatic rings. The Balaban J connectivity index is 1.56. The van der Waals surface area contributed by atoms with E-state index in [4.69, 9.17) is 32.8 Å². The number of hydrogen-bond acceptors (Lipinski definition) is 16. The number of aliphatic hydroxyl groups excluding tert-OH is 5. The van der Waals surface area contributed by atoms with Gasteiger partial charge in [-0.05, 0) is 29.8 Å². The van der Waals surface area contributed by atoms with Gasteiger partial charge in [-0.1, -0.05) is 6.07 Å². The van der Waals surface area contributed by atoms with Gasteiger partial charge in [-0.25, -0.2) is 0 Å². The van der Waals surface area contributed by atoms with Gasteiger partial charge >= 0.3 is 0 Å². The number of aliphatic hydroxyl groups is 5. The Bertz CT molecular complexity index is 1810. The minimum atomic E-state index is -1.80. The highest BCUT2D eigenvalue weighted by Gasteiger charge is 2.46. The summed E-state index contributed by atoms with van der Waals surface area (Å²) in [6.07, 6.45) is -10.9. The first-order chi connectivity index (χ1) is 23.4. The zero-order valence-corrected chi connectivity index (χ0v) is 26.4. The molecule has 1 aliphatic rings. The van der Waals surface area contributed by atoms with Crippen LogP contribution in [0.15, 0.2) is 57.7 Å². The third kappa shape index (κ3) is 7.02. The van der Waals surface area contributed by atoms with E-state index in [-0.39, 0.29) is 62.4 Å². The summed E-state index contributed by atoms with van der Waals surface area (Å²) in [4.78, 5) is 12.9. The summed E-state index contributed by atoms with van der Waals surface area (Å²) in [5, 5.41) is 81.8. The van der Waals surface area contributed by atoms with Crippen molar-refractivity contribution in [1.82, 2.24) is 0 Å². The minimum Gasteiger partial charge on any atom is -0.508 e. The molecule has 5 rings (SSSR count). The quantitative estimate of drug-likeness (QED) is 0.103. The molecule has 0 saturated carbocycles. The number of phenolic OH excluding ortho intramolecular Hbond substituents is 3. The number of methoxy groups -OCH3 is 3. The molecule has 16 nitrogen and oxygen atoms in total. The monoisotopic (exact) mass is 688 g/mol. The highest BCUT2D eigenvalue weighted by molar-refractivity contribution is 5.86. The molecule has 0 radical (unpaired) electrons. The summed E-state index contributed by atoms with van der Waals surface area (Å²) in [7, 11) is 3.95. The van der Waals surface area contributed by atoms with Gasteiger partial charge in [0.05, 0.1) is 34.5 Å². The molecule has 1 aliphatic heterocycles. The second kappa shape index (κ2) is 14.8. The van der Waals surface area contributed by atoms with E-state index in [2.05, 4.69) is 0 Å². The van der Waals surface area contributed by atoms with Crippen molar-refractivity contribution < 1.29 is 73.7 Å². The molecule has 0 amide bonds. The van der Waals surface area contributed by atoms with Crippen molar-refractivity contribution >= 4 is 11.0 Å². The van der Waals surface area contributed by atoms with Crippen LogP contribution in [-0.2, 0) is 9.47 Å². The molecule has 2 heterocycles. The van der Waals surface area contributed by atoms with Crippen molar-refractivity contribution in [3.8, 4) is 51.6 Å². The number of fused-ring (bicyclic) bond motifs is 1. The van der Waals surface area contributed by atoms with Crippen molar-refractivity contribution in [3.05, 3.63) is 64.3 Å². The van der Waals surface area contributed by atoms with Gasteiger partial charge in [0.15, 0.2) is 40.8 Å². The molecule has 16 heteroatoms. The molecule has 7 atom stereocenters. The van der Waals surface area contributed by atoms with Crippen LogP contribution < -0.4 is 24.4 Å². The van der Waals surface area contributed by atoms with E-state index in [1.807, 2.05) is 0 Å². The van der Waals surface area contributed by atoms with Gasteiger partial charge in [-0.3, -0.25) is 4.79 Å². The minimum absolute atomic E-state index is 0.0179. The Hall–Kier alpha value is -4.81. The van der Waals surface area contributed by atoms with Crippen LogP contribution in [0.5, 0.6) is 40.2 Å². The Kier molecular flexibility index (Phi) is 10.7. The Labute approximate surface area is 278 Å². The number of aromatic hydroxyl groups is 3. The van der Waals surface area contributed by atoms with E-state index in [1.54, 1.807) is 0 Å². The standard InChI is InChI=1S/C33H36O16/c1-43-21-6-14(4-5-17(21)37)31(49-33-30(42)29(41)28(40)25(12-34)48-33)26(13-35)47-32-23(44-2)7-15(8-24(32)45-3)20-11-19(39)27-18(38)9-16(36)10-22(27)46-20/h4-11,25-26,28-31,33-38,40-42H,12-13H2,1-3H3. The van der Waals surface area contributed by atoms with Crippen molar-refractivity contribution in [2.24, 2.45) is 0 Å². The number of ether oxygens (including phenoxy) is 6. The van der Waals surface area contributed by atoms with Crippen molar-refractivity contribution in [3.63, 3.8) is 0 Å². The maximum atomic E-state index is 12.9. The molecule has 3 aromatic carbocycles. The van der Waals surface area contributed by atoms with Crippen molar-refractivity contribution in [2.75, 3.05) is 34.5 Å². The van der Waals surface area contributed by atoms with Gasteiger partial charge in [-0.2, -0.15) is 0 Å². The van der Waals surface area contributed by atoms with Crippen LogP contribution in [0.4, 0.5) is 0 Å². The molecule has 1 aromatic heterocycles. The molecule has 49 heavy (non-hydrogen) atoms. The van der Waals surface area contributed by atoms with E-state index >= 15 is 0 Å². The first kappa shape index (κ1) is 35.5. The number of phenols is 3. The zero-order valence-electron chi connectivity index (χ0n) is 26.4. The van der Waals surface area contributed by atoms with E-state index in [1.165, 1.54) is 57.7 Å². The van der Waals surface area contributed by atoms with Gasteiger partial charge < -0.3 is 73.7 Å². The highest BCUT2D eigenvalue weighted by atomic mass is 16.7. The number of benzene rings is 3. The third-order valence-corrected chi connectivity index (χ3v) is 7.99. The van der Waals surface area contributed by atoms with Crippen LogP contribution in [0, 0.1) is 0 Å². The lowest BCUT2D eigenvalue weighted by molar-refractivity contribution is -0.318. The highest BCUT2D eigenvalue weighted by Crippen LogP contribution is 2.44.